The van der Waals surface area contributed by atoms with Crippen LogP contribution in [0.25, 0.3) is 0 Å². The van der Waals surface area contributed by atoms with Crippen LogP contribution in [0.5, 0.6) is 5.75 Å². The van der Waals surface area contributed by atoms with E-state index in [9.17, 15) is 4.39 Å². The van der Waals surface area contributed by atoms with Gasteiger partial charge in [0.05, 0.1) is 16.5 Å². The van der Waals surface area contributed by atoms with E-state index in [0.717, 1.165) is 33.3 Å². The maximum Gasteiger partial charge on any atom is 0.133 e. The SMILES string of the molecule is CCCOc1ccc(C(Cl)c2cc(F)ccc2C)cc1Br. The van der Waals surface area contributed by atoms with Gasteiger partial charge in [-0.05, 0) is 70.2 Å². The molecule has 0 aliphatic heterocycles. The molecule has 0 fully saturated rings. The highest BCUT2D eigenvalue weighted by molar-refractivity contribution is 9.10. The number of aryl methyl sites for hydroxylation is 1. The molecule has 0 saturated heterocycles. The molecule has 2 aromatic carbocycles. The Morgan fingerprint density at radius 2 is 2.00 bits per heavy atom. The summed E-state index contributed by atoms with van der Waals surface area (Å²) in [6, 6.07) is 10.4. The lowest BCUT2D eigenvalue weighted by Gasteiger charge is -2.15. The Morgan fingerprint density at radius 3 is 2.67 bits per heavy atom. The molecule has 0 N–H and O–H groups in total. The Balaban J connectivity index is 2.29. The Labute approximate surface area is 138 Å². The van der Waals surface area contributed by atoms with Gasteiger partial charge < -0.3 is 4.74 Å². The largest absolute Gasteiger partial charge is 0.492 e. The summed E-state index contributed by atoms with van der Waals surface area (Å²) in [5.74, 6) is 0.517. The molecule has 0 bridgehead atoms. The molecule has 0 heterocycles. The second-order valence-corrected chi connectivity index (χ2v) is 6.19. The van der Waals surface area contributed by atoms with Crippen molar-refractivity contribution in [1.29, 1.82) is 0 Å². The van der Waals surface area contributed by atoms with E-state index < -0.39 is 5.38 Å². The Morgan fingerprint density at radius 1 is 1.24 bits per heavy atom. The summed E-state index contributed by atoms with van der Waals surface area (Å²) in [5, 5.41) is -0.391. The quantitative estimate of drug-likeness (QED) is 0.584. The molecule has 21 heavy (non-hydrogen) atoms. The van der Waals surface area contributed by atoms with Gasteiger partial charge in [-0.1, -0.05) is 19.1 Å². The third kappa shape index (κ3) is 3.98. The number of halogens is 3. The van der Waals surface area contributed by atoms with Crippen molar-refractivity contribution in [3.05, 3.63) is 63.4 Å². The average Bonchev–Trinajstić information content (AvgIpc) is 2.47. The van der Waals surface area contributed by atoms with Crippen LogP contribution in [0.3, 0.4) is 0 Å². The van der Waals surface area contributed by atoms with Crippen molar-refractivity contribution in [3.63, 3.8) is 0 Å². The number of rotatable bonds is 5. The van der Waals surface area contributed by atoms with Crippen LogP contribution in [0.1, 0.15) is 35.4 Å². The first-order chi connectivity index (χ1) is 10.0. The number of benzene rings is 2. The van der Waals surface area contributed by atoms with Gasteiger partial charge in [0.25, 0.3) is 0 Å². The molecule has 0 aliphatic rings. The molecule has 0 aromatic heterocycles. The molecule has 0 radical (unpaired) electrons. The highest BCUT2D eigenvalue weighted by Crippen LogP contribution is 2.35. The predicted molar refractivity (Wildman–Crippen MR) is 88.8 cm³/mol. The topological polar surface area (TPSA) is 9.23 Å². The summed E-state index contributed by atoms with van der Waals surface area (Å²) in [5.41, 5.74) is 2.66. The second kappa shape index (κ2) is 7.28. The monoisotopic (exact) mass is 370 g/mol. The van der Waals surface area contributed by atoms with E-state index >= 15 is 0 Å². The highest BCUT2D eigenvalue weighted by atomic mass is 79.9. The lowest BCUT2D eigenvalue weighted by molar-refractivity contribution is 0.315. The fourth-order valence-electron chi connectivity index (χ4n) is 2.07. The first kappa shape index (κ1) is 16.3. The highest BCUT2D eigenvalue weighted by Gasteiger charge is 2.15. The zero-order chi connectivity index (χ0) is 15.4. The van der Waals surface area contributed by atoms with Crippen LogP contribution in [0.15, 0.2) is 40.9 Å². The summed E-state index contributed by atoms with van der Waals surface area (Å²) in [4.78, 5) is 0. The Hall–Kier alpha value is -1.06. The Kier molecular flexibility index (Phi) is 5.65. The lowest BCUT2D eigenvalue weighted by atomic mass is 10.00. The van der Waals surface area contributed by atoms with Gasteiger partial charge in [0.15, 0.2) is 0 Å². The van der Waals surface area contributed by atoms with Crippen LogP contribution in [0, 0.1) is 12.7 Å². The number of hydrogen-bond acceptors (Lipinski definition) is 1. The zero-order valence-electron chi connectivity index (χ0n) is 12.0. The van der Waals surface area contributed by atoms with Crippen LogP contribution in [0.4, 0.5) is 4.39 Å². The minimum atomic E-state index is -0.391. The molecular weight excluding hydrogens is 355 g/mol. The minimum Gasteiger partial charge on any atom is -0.492 e. The predicted octanol–water partition coefficient (Wildman–Crippen LogP) is 6.01. The van der Waals surface area contributed by atoms with Crippen molar-refractivity contribution >= 4 is 27.5 Å². The molecule has 1 unspecified atom stereocenters. The van der Waals surface area contributed by atoms with Crippen molar-refractivity contribution < 1.29 is 9.13 Å². The summed E-state index contributed by atoms with van der Waals surface area (Å²) in [7, 11) is 0. The zero-order valence-corrected chi connectivity index (χ0v) is 14.3. The van der Waals surface area contributed by atoms with Crippen molar-refractivity contribution in [2.75, 3.05) is 6.61 Å². The molecule has 112 valence electrons. The molecule has 0 amide bonds. The van der Waals surface area contributed by atoms with E-state index in [1.165, 1.54) is 12.1 Å². The van der Waals surface area contributed by atoms with Crippen LogP contribution >= 0.6 is 27.5 Å². The van der Waals surface area contributed by atoms with Gasteiger partial charge in [0, 0.05) is 0 Å². The normalized spacial score (nSPS) is 12.2. The van der Waals surface area contributed by atoms with Gasteiger partial charge in [-0.15, -0.1) is 11.6 Å². The van der Waals surface area contributed by atoms with E-state index in [1.54, 1.807) is 6.07 Å². The van der Waals surface area contributed by atoms with Crippen LogP contribution in [-0.4, -0.2) is 6.61 Å². The van der Waals surface area contributed by atoms with E-state index in [-0.39, 0.29) is 5.82 Å². The van der Waals surface area contributed by atoms with Crippen molar-refractivity contribution in [1.82, 2.24) is 0 Å². The van der Waals surface area contributed by atoms with Crippen LogP contribution in [0.2, 0.25) is 0 Å². The Bertz CT molecular complexity index is 630. The van der Waals surface area contributed by atoms with Crippen molar-refractivity contribution in [3.8, 4) is 5.75 Å². The molecule has 1 atom stereocenters. The minimum absolute atomic E-state index is 0.275. The maximum atomic E-state index is 13.4. The molecule has 0 spiro atoms. The van der Waals surface area contributed by atoms with E-state index in [2.05, 4.69) is 22.9 Å². The molecule has 1 nitrogen and oxygen atoms in total. The van der Waals surface area contributed by atoms with E-state index in [1.807, 2.05) is 25.1 Å². The fraction of sp³-hybridized carbons (Fsp3) is 0.294. The summed E-state index contributed by atoms with van der Waals surface area (Å²) in [6.07, 6.45) is 0.953. The lowest BCUT2D eigenvalue weighted by Crippen LogP contribution is -1.99. The summed E-state index contributed by atoms with van der Waals surface area (Å²) < 4.78 is 19.9. The third-order valence-electron chi connectivity index (χ3n) is 3.22. The number of ether oxygens (including phenoxy) is 1. The van der Waals surface area contributed by atoms with Crippen molar-refractivity contribution in [2.24, 2.45) is 0 Å². The first-order valence-electron chi connectivity index (χ1n) is 6.85. The second-order valence-electron chi connectivity index (χ2n) is 4.90. The molecule has 0 aliphatic carbocycles. The maximum absolute atomic E-state index is 13.4. The van der Waals surface area contributed by atoms with E-state index in [0.29, 0.717) is 6.61 Å². The number of alkyl halides is 1. The van der Waals surface area contributed by atoms with Gasteiger partial charge >= 0.3 is 0 Å². The van der Waals surface area contributed by atoms with Crippen molar-refractivity contribution in [2.45, 2.75) is 25.6 Å². The molecule has 2 rings (SSSR count). The third-order valence-corrected chi connectivity index (χ3v) is 4.33. The van der Waals surface area contributed by atoms with Crippen LogP contribution < -0.4 is 4.74 Å². The first-order valence-corrected chi connectivity index (χ1v) is 8.08. The molecule has 4 heteroatoms. The van der Waals surface area contributed by atoms with Crippen LogP contribution in [-0.2, 0) is 0 Å². The smallest absolute Gasteiger partial charge is 0.133 e. The standard InChI is InChI=1S/C17H17BrClFO/c1-3-8-21-16-7-5-12(9-15(16)18)17(19)14-10-13(20)6-4-11(14)2/h4-7,9-10,17H,3,8H2,1-2H3. The summed E-state index contributed by atoms with van der Waals surface area (Å²) in [6.45, 7) is 4.66. The van der Waals surface area contributed by atoms with Gasteiger partial charge in [-0.3, -0.25) is 0 Å². The van der Waals surface area contributed by atoms with Gasteiger partial charge in [0.1, 0.15) is 11.6 Å². The molecular formula is C17H17BrClFO. The average molecular weight is 372 g/mol. The molecule has 2 aromatic rings. The van der Waals surface area contributed by atoms with E-state index in [4.69, 9.17) is 16.3 Å². The molecule has 0 saturated carbocycles. The fourth-order valence-corrected chi connectivity index (χ4v) is 2.95. The van der Waals surface area contributed by atoms with Gasteiger partial charge in [-0.2, -0.15) is 0 Å². The van der Waals surface area contributed by atoms with Gasteiger partial charge in [0.2, 0.25) is 0 Å². The number of hydrogen-bond donors (Lipinski definition) is 0. The summed E-state index contributed by atoms with van der Waals surface area (Å²) >= 11 is 10.0. The van der Waals surface area contributed by atoms with Gasteiger partial charge in [-0.25, -0.2) is 4.39 Å².